The molecule has 0 aliphatic carbocycles. The summed E-state index contributed by atoms with van der Waals surface area (Å²) in [6, 6.07) is 16.8. The Morgan fingerprint density at radius 1 is 0.363 bits per heavy atom. The van der Waals surface area contributed by atoms with E-state index in [4.69, 9.17) is 4.74 Å². The highest BCUT2D eigenvalue weighted by Gasteiger charge is 2.46. The van der Waals surface area contributed by atoms with Gasteiger partial charge in [0.2, 0.25) is 11.8 Å². The number of hydrogen-bond donors (Lipinski definition) is 11. The molecular formula is C85H134N12O12S4. The van der Waals surface area contributed by atoms with E-state index in [9.17, 15) is 53.1 Å². The first kappa shape index (κ1) is 91.0. The van der Waals surface area contributed by atoms with Gasteiger partial charge in [-0.2, -0.15) is 47.0 Å². The number of aromatic carboxylic acids is 1. The maximum atomic E-state index is 12.5. The zero-order valence-corrected chi connectivity index (χ0v) is 70.6. The number of nitrogens with zero attached hydrogens (tertiary/aromatic N) is 2. The lowest BCUT2D eigenvalue weighted by Gasteiger charge is -2.22. The van der Waals surface area contributed by atoms with Crippen LogP contribution in [0.3, 0.4) is 0 Å². The highest BCUT2D eigenvalue weighted by Crippen LogP contribution is 2.37. The van der Waals surface area contributed by atoms with Crippen LogP contribution in [-0.2, 0) is 37.0 Å². The average molecular weight is 1640 g/mol. The van der Waals surface area contributed by atoms with Gasteiger partial charge in [0, 0.05) is 109 Å². The van der Waals surface area contributed by atoms with Crippen LogP contribution in [0.4, 0.5) is 19.2 Å². The molecule has 113 heavy (non-hydrogen) atoms. The molecule has 0 aromatic heterocycles. The number of ether oxygens (including phenoxy) is 1. The van der Waals surface area contributed by atoms with Crippen molar-refractivity contribution in [2.24, 2.45) is 0 Å². The van der Waals surface area contributed by atoms with Crippen LogP contribution in [0.15, 0.2) is 48.5 Å². The van der Waals surface area contributed by atoms with Gasteiger partial charge in [-0.25, -0.2) is 28.8 Å². The van der Waals surface area contributed by atoms with Crippen LogP contribution in [0, 0.1) is 0 Å². The van der Waals surface area contributed by atoms with Crippen LogP contribution in [0.2, 0.25) is 0 Å². The summed E-state index contributed by atoms with van der Waals surface area (Å²) in [6.07, 6.45) is 37.7. The lowest BCUT2D eigenvalue weighted by atomic mass is 10.0. The van der Waals surface area contributed by atoms with Gasteiger partial charge in [-0.3, -0.25) is 29.0 Å². The molecule has 630 valence electrons. The van der Waals surface area contributed by atoms with Crippen LogP contribution >= 0.6 is 47.0 Å². The van der Waals surface area contributed by atoms with E-state index in [-0.39, 0.29) is 90.2 Å². The minimum atomic E-state index is -0.905. The molecule has 0 bridgehead atoms. The van der Waals surface area contributed by atoms with E-state index >= 15 is 0 Å². The van der Waals surface area contributed by atoms with E-state index in [1.807, 2.05) is 83.4 Å². The summed E-state index contributed by atoms with van der Waals surface area (Å²) in [7, 11) is 1.40. The SMILES string of the molecule is COC(=O)c1ccc(CN(CCCCCCCNC(=O)CCCCC2SCC3NC(=O)NC32)CCCCCCCC(=O)CCCCC2SCC3NC(=O)NC32)cc1.O=C(CCCCCCCN(CCCCCCCNC(=O)CCCCC1SCC2NC(=O)NC21)Cc1ccc(C(=O)O)cc1)CCCCC1SCC2NC(=O)NC21. The average Bonchev–Trinajstić information content (AvgIpc) is 1.69. The normalized spacial score (nSPS) is 23.5. The fourth-order valence-electron chi connectivity index (χ4n) is 17.1. The zero-order chi connectivity index (χ0) is 79.8. The third-order valence-corrected chi connectivity index (χ3v) is 29.7. The summed E-state index contributed by atoms with van der Waals surface area (Å²) >= 11 is 7.72. The monoisotopic (exact) mass is 1640 g/mol. The second-order valence-electron chi connectivity index (χ2n) is 32.6. The molecule has 8 fully saturated rings. The Morgan fingerprint density at radius 2 is 0.637 bits per heavy atom. The van der Waals surface area contributed by atoms with E-state index in [1.165, 1.54) is 12.7 Å². The van der Waals surface area contributed by atoms with Crippen molar-refractivity contribution in [2.75, 3.05) is 69.4 Å². The number of carbonyl (C=O) groups excluding carboxylic acids is 9. The van der Waals surface area contributed by atoms with Crippen LogP contribution in [0.5, 0.6) is 0 Å². The number of carbonyl (C=O) groups is 10. The Labute approximate surface area is 689 Å². The number of hydrogen-bond acceptors (Lipinski definition) is 17. The van der Waals surface area contributed by atoms with Gasteiger partial charge >= 0.3 is 36.1 Å². The van der Waals surface area contributed by atoms with E-state index < -0.39 is 5.97 Å². The van der Waals surface area contributed by atoms with Crippen molar-refractivity contribution in [3.8, 4) is 0 Å². The molecule has 12 atom stereocenters. The van der Waals surface area contributed by atoms with Crippen molar-refractivity contribution >= 4 is 106 Å². The third kappa shape index (κ3) is 33.2. The second kappa shape index (κ2) is 51.3. The fourth-order valence-corrected chi connectivity index (χ4v) is 23.3. The number of carboxylic acids is 1. The highest BCUT2D eigenvalue weighted by atomic mass is 32.2. The smallest absolute Gasteiger partial charge is 0.337 e. The number of amides is 10. The molecule has 0 saturated carbocycles. The van der Waals surface area contributed by atoms with E-state index in [1.54, 1.807) is 12.1 Å². The van der Waals surface area contributed by atoms with Crippen LogP contribution in [0.25, 0.3) is 0 Å². The van der Waals surface area contributed by atoms with E-state index in [0.717, 1.165) is 286 Å². The third-order valence-electron chi connectivity index (χ3n) is 23.6. The molecule has 8 aliphatic rings. The number of Topliss-reactive ketones (excluding diaryl/α,β-unsaturated/α-hetero) is 2. The maximum Gasteiger partial charge on any atom is 0.337 e. The number of rotatable bonds is 58. The summed E-state index contributed by atoms with van der Waals surface area (Å²) < 4.78 is 4.86. The molecule has 0 spiro atoms. The molecule has 12 unspecified atom stereocenters. The minimum absolute atomic E-state index is 0.0400. The van der Waals surface area contributed by atoms with Crippen molar-refractivity contribution in [2.45, 2.75) is 326 Å². The van der Waals surface area contributed by atoms with Gasteiger partial charge < -0.3 is 63.0 Å². The first-order valence-corrected chi connectivity index (χ1v) is 47.5. The lowest BCUT2D eigenvalue weighted by molar-refractivity contribution is -0.122. The summed E-state index contributed by atoms with van der Waals surface area (Å²) in [5.74, 6) is 3.72. The molecule has 2 aromatic rings. The first-order chi connectivity index (χ1) is 55.0. The Kier molecular flexibility index (Phi) is 41.3. The van der Waals surface area contributed by atoms with Gasteiger partial charge in [0.25, 0.3) is 0 Å². The topological polar surface area (TPSA) is 327 Å². The van der Waals surface area contributed by atoms with Crippen molar-refractivity contribution in [3.63, 3.8) is 0 Å². The predicted molar refractivity (Wildman–Crippen MR) is 455 cm³/mol. The Hall–Kier alpha value is -5.94. The minimum Gasteiger partial charge on any atom is -0.478 e. The lowest BCUT2D eigenvalue weighted by Crippen LogP contribution is -2.36. The summed E-state index contributed by atoms with van der Waals surface area (Å²) in [5, 5.41) is 41.4. The van der Waals surface area contributed by atoms with Gasteiger partial charge in [0.15, 0.2) is 0 Å². The molecular weight excluding hydrogens is 1510 g/mol. The Bertz CT molecular complexity index is 3270. The number of methoxy groups -OCH3 is 1. The Morgan fingerprint density at radius 3 is 0.947 bits per heavy atom. The molecule has 0 radical (unpaired) electrons. The first-order valence-electron chi connectivity index (χ1n) is 43.3. The van der Waals surface area contributed by atoms with Crippen LogP contribution in [0.1, 0.15) is 276 Å². The Balaban J connectivity index is 0.000000259. The number of ketones is 2. The van der Waals surface area contributed by atoms with Gasteiger partial charge in [0.1, 0.15) is 11.6 Å². The van der Waals surface area contributed by atoms with E-state index in [2.05, 4.69) is 63.0 Å². The number of unbranched alkanes of at least 4 members (excludes halogenated alkanes) is 20. The zero-order valence-electron chi connectivity index (χ0n) is 67.4. The molecule has 11 N–H and O–H groups in total. The molecule has 2 aromatic carbocycles. The number of urea groups is 4. The van der Waals surface area contributed by atoms with Crippen molar-refractivity contribution in [1.29, 1.82) is 0 Å². The number of benzene rings is 2. The summed E-state index contributed by atoms with van der Waals surface area (Å²) in [6.45, 7) is 7.18. The molecule has 10 amide bonds. The highest BCUT2D eigenvalue weighted by molar-refractivity contribution is 8.01. The largest absolute Gasteiger partial charge is 0.478 e. The predicted octanol–water partition coefficient (Wildman–Crippen LogP) is 13.3. The molecule has 24 nitrogen and oxygen atoms in total. The molecule has 8 saturated heterocycles. The molecule has 10 rings (SSSR count). The maximum absolute atomic E-state index is 12.5. The van der Waals surface area contributed by atoms with Crippen LogP contribution < -0.4 is 53.2 Å². The van der Waals surface area contributed by atoms with Crippen molar-refractivity contribution in [1.82, 2.24) is 63.0 Å². The van der Waals surface area contributed by atoms with Gasteiger partial charge in [-0.15, -0.1) is 0 Å². The number of thioether (sulfide) groups is 4. The summed E-state index contributed by atoms with van der Waals surface area (Å²) in [4.78, 5) is 124. The van der Waals surface area contributed by atoms with E-state index in [0.29, 0.717) is 82.2 Å². The second-order valence-corrected chi connectivity index (χ2v) is 37.7. The molecule has 28 heteroatoms. The van der Waals surface area contributed by atoms with Crippen molar-refractivity contribution < 1.29 is 57.8 Å². The summed E-state index contributed by atoms with van der Waals surface area (Å²) in [5.41, 5.74) is 3.20. The molecule has 8 heterocycles. The molecule has 8 aliphatic heterocycles. The standard InChI is InChI=1S/C43H68N6O6S2.C42H66N6O6S2/c1-55-41(52)32-23-21-31(22-24-32)28-49(26-14-6-2-4-8-16-33(50)17-9-10-18-36-39-34(29-56-36)45-42(53)47-39)27-15-7-3-5-13-25-44-38(51)20-12-11-19-37-40-35(30-57-37)46-43(54)48-40;49-32(16-8-9-17-35-38-33(28-55-35)44-41(53)46-38)15-7-3-1-5-13-25-48(27-30-20-22-31(23-21-30)40(51)52)26-14-6-2-4-12-24-43-37(50)19-11-10-18-36-39-34(29-56-36)45-42(54)47-39/h21-24,34-37,39-40H,2-20,25-30H2,1H3,(H,44,51)(H2,45,47,53)(H2,46,48,54);20-23,33-36,38-39H,1-19,24-29H2,(H,43,50)(H,51,52)(H2,44,46,53)(H2,45,47,54). The number of esters is 1. The number of carboxylic acid groups (broad SMARTS) is 1. The van der Waals surface area contributed by atoms with Gasteiger partial charge in [0.05, 0.1) is 66.6 Å². The van der Waals surface area contributed by atoms with Crippen molar-refractivity contribution in [3.05, 3.63) is 70.8 Å². The van der Waals surface area contributed by atoms with Gasteiger partial charge in [-0.05, 0) is 164 Å². The number of nitrogens with one attached hydrogen (secondary N) is 10. The van der Waals surface area contributed by atoms with Crippen LogP contribution in [-0.4, -0.2) is 213 Å². The van der Waals surface area contributed by atoms with Gasteiger partial charge in [-0.1, -0.05) is 127 Å². The number of fused-ring (bicyclic) bond motifs is 4. The fraction of sp³-hybridized carbons (Fsp3) is 0.741. The quantitative estimate of drug-likeness (QED) is 0.0166.